The van der Waals surface area contributed by atoms with Crippen LogP contribution in [0.4, 0.5) is 5.82 Å². The molecule has 0 aromatic carbocycles. The maximum Gasteiger partial charge on any atom is 0.174 e. The van der Waals surface area contributed by atoms with Crippen molar-refractivity contribution >= 4 is 23.1 Å². The number of aromatic nitrogens is 1. The van der Waals surface area contributed by atoms with Gasteiger partial charge in [0.1, 0.15) is 0 Å². The van der Waals surface area contributed by atoms with E-state index in [9.17, 15) is 0 Å². The standard InChI is InChI=1S/C10H15N3OS/c1-7(2)12-10(15)13-9-8(14-3)5-4-6-11-9/h4-7H,1-3H3,(H2,11,12,13,15). The van der Waals surface area contributed by atoms with Gasteiger partial charge in [0.25, 0.3) is 0 Å². The maximum absolute atomic E-state index is 5.14. The monoisotopic (exact) mass is 225 g/mol. The summed E-state index contributed by atoms with van der Waals surface area (Å²) in [5, 5.41) is 6.59. The summed E-state index contributed by atoms with van der Waals surface area (Å²) in [6, 6.07) is 3.93. The van der Waals surface area contributed by atoms with E-state index in [1.54, 1.807) is 13.3 Å². The fourth-order valence-corrected chi connectivity index (χ4v) is 1.39. The molecule has 0 atom stereocenters. The smallest absolute Gasteiger partial charge is 0.174 e. The molecule has 2 N–H and O–H groups in total. The minimum atomic E-state index is 0.291. The summed E-state index contributed by atoms with van der Waals surface area (Å²) in [5.41, 5.74) is 0. The van der Waals surface area contributed by atoms with E-state index in [4.69, 9.17) is 17.0 Å². The molecule has 0 unspecified atom stereocenters. The van der Waals surface area contributed by atoms with E-state index in [1.807, 2.05) is 26.0 Å². The highest BCUT2D eigenvalue weighted by Crippen LogP contribution is 2.19. The fraction of sp³-hybridized carbons (Fsp3) is 0.400. The van der Waals surface area contributed by atoms with Crippen LogP contribution in [0.25, 0.3) is 0 Å². The first-order valence-electron chi connectivity index (χ1n) is 4.70. The second-order valence-electron chi connectivity index (χ2n) is 3.31. The van der Waals surface area contributed by atoms with Gasteiger partial charge in [-0.05, 0) is 38.2 Å². The number of methoxy groups -OCH3 is 1. The van der Waals surface area contributed by atoms with Crippen LogP contribution in [0.1, 0.15) is 13.8 Å². The molecule has 1 aromatic rings. The molecule has 0 aliphatic rings. The summed E-state index contributed by atoms with van der Waals surface area (Å²) in [4.78, 5) is 4.13. The van der Waals surface area contributed by atoms with Crippen LogP contribution in [-0.4, -0.2) is 23.2 Å². The lowest BCUT2D eigenvalue weighted by molar-refractivity contribution is 0.415. The number of nitrogens with zero attached hydrogens (tertiary/aromatic N) is 1. The van der Waals surface area contributed by atoms with Crippen LogP contribution in [0.3, 0.4) is 0 Å². The number of nitrogens with one attached hydrogen (secondary N) is 2. The van der Waals surface area contributed by atoms with E-state index >= 15 is 0 Å². The first kappa shape index (κ1) is 11.7. The van der Waals surface area contributed by atoms with Crippen molar-refractivity contribution < 1.29 is 4.74 Å². The van der Waals surface area contributed by atoms with E-state index in [2.05, 4.69) is 15.6 Å². The second kappa shape index (κ2) is 5.50. The lowest BCUT2D eigenvalue weighted by Gasteiger charge is -2.14. The third kappa shape index (κ3) is 3.71. The minimum absolute atomic E-state index is 0.291. The number of thiocarbonyl (C=S) groups is 1. The van der Waals surface area contributed by atoms with Crippen molar-refractivity contribution in [1.82, 2.24) is 10.3 Å². The molecule has 0 bridgehead atoms. The highest BCUT2D eigenvalue weighted by molar-refractivity contribution is 7.80. The van der Waals surface area contributed by atoms with Gasteiger partial charge in [-0.3, -0.25) is 0 Å². The number of hydrogen-bond donors (Lipinski definition) is 2. The molecule has 1 heterocycles. The number of ether oxygens (including phenoxy) is 1. The van der Waals surface area contributed by atoms with Crippen molar-refractivity contribution in [1.29, 1.82) is 0 Å². The van der Waals surface area contributed by atoms with Gasteiger partial charge in [0.2, 0.25) is 0 Å². The number of pyridine rings is 1. The van der Waals surface area contributed by atoms with E-state index in [-0.39, 0.29) is 0 Å². The fourth-order valence-electron chi connectivity index (χ4n) is 1.05. The van der Waals surface area contributed by atoms with Gasteiger partial charge >= 0.3 is 0 Å². The lowest BCUT2D eigenvalue weighted by atomic mass is 10.4. The van der Waals surface area contributed by atoms with Crippen molar-refractivity contribution in [2.24, 2.45) is 0 Å². The van der Waals surface area contributed by atoms with Gasteiger partial charge in [0.15, 0.2) is 16.7 Å². The predicted octanol–water partition coefficient (Wildman–Crippen LogP) is 1.78. The first-order chi connectivity index (χ1) is 7.13. The second-order valence-corrected chi connectivity index (χ2v) is 3.72. The summed E-state index contributed by atoms with van der Waals surface area (Å²) in [7, 11) is 1.60. The van der Waals surface area contributed by atoms with Crippen molar-refractivity contribution in [3.63, 3.8) is 0 Å². The molecule has 0 saturated heterocycles. The minimum Gasteiger partial charge on any atom is -0.493 e. The zero-order valence-corrected chi connectivity index (χ0v) is 9.89. The Balaban J connectivity index is 2.67. The van der Waals surface area contributed by atoms with E-state index in [0.717, 1.165) is 0 Å². The van der Waals surface area contributed by atoms with Crippen molar-refractivity contribution in [2.75, 3.05) is 12.4 Å². The molecule has 0 aliphatic heterocycles. The highest BCUT2D eigenvalue weighted by Gasteiger charge is 2.05. The largest absolute Gasteiger partial charge is 0.493 e. The molecule has 1 aromatic heterocycles. The summed E-state index contributed by atoms with van der Waals surface area (Å²) >= 11 is 5.10. The van der Waals surface area contributed by atoms with Crippen LogP contribution < -0.4 is 15.4 Å². The molecule has 15 heavy (non-hydrogen) atoms. The summed E-state index contributed by atoms with van der Waals surface area (Å²) in [5.74, 6) is 1.29. The van der Waals surface area contributed by atoms with Crippen LogP contribution in [0, 0.1) is 0 Å². The van der Waals surface area contributed by atoms with E-state index in [1.165, 1.54) is 0 Å². The van der Waals surface area contributed by atoms with Gasteiger partial charge in [0, 0.05) is 12.2 Å². The van der Waals surface area contributed by atoms with Crippen LogP contribution in [0.15, 0.2) is 18.3 Å². The number of rotatable bonds is 3. The Bertz CT molecular complexity index is 341. The van der Waals surface area contributed by atoms with Gasteiger partial charge in [-0.15, -0.1) is 0 Å². The zero-order chi connectivity index (χ0) is 11.3. The van der Waals surface area contributed by atoms with Crippen LogP contribution in [-0.2, 0) is 0 Å². The lowest BCUT2D eigenvalue weighted by Crippen LogP contribution is -2.34. The molecule has 0 aliphatic carbocycles. The number of anilines is 1. The van der Waals surface area contributed by atoms with Gasteiger partial charge in [-0.1, -0.05) is 0 Å². The summed E-state index contributed by atoms with van der Waals surface area (Å²) in [6.07, 6.45) is 1.68. The molecule has 0 radical (unpaired) electrons. The molecule has 5 heteroatoms. The van der Waals surface area contributed by atoms with Crippen LogP contribution in [0.2, 0.25) is 0 Å². The Morgan fingerprint density at radius 3 is 2.87 bits per heavy atom. The topological polar surface area (TPSA) is 46.2 Å². The normalized spacial score (nSPS) is 9.87. The van der Waals surface area contributed by atoms with E-state index < -0.39 is 0 Å². The molecule has 0 saturated carbocycles. The van der Waals surface area contributed by atoms with Crippen molar-refractivity contribution in [3.8, 4) is 5.75 Å². The van der Waals surface area contributed by atoms with Gasteiger partial charge in [-0.2, -0.15) is 0 Å². The highest BCUT2D eigenvalue weighted by atomic mass is 32.1. The molecular weight excluding hydrogens is 210 g/mol. The van der Waals surface area contributed by atoms with Crippen LogP contribution >= 0.6 is 12.2 Å². The molecule has 82 valence electrons. The molecule has 0 amide bonds. The van der Waals surface area contributed by atoms with E-state index in [0.29, 0.717) is 22.7 Å². The van der Waals surface area contributed by atoms with Gasteiger partial charge < -0.3 is 15.4 Å². The third-order valence-electron chi connectivity index (χ3n) is 1.64. The Labute approximate surface area is 95.0 Å². The van der Waals surface area contributed by atoms with Gasteiger partial charge in [-0.25, -0.2) is 4.98 Å². The summed E-state index contributed by atoms with van der Waals surface area (Å²) < 4.78 is 5.14. The first-order valence-corrected chi connectivity index (χ1v) is 5.11. The SMILES string of the molecule is COc1cccnc1NC(=S)NC(C)C. The maximum atomic E-state index is 5.14. The van der Waals surface area contributed by atoms with Crippen molar-refractivity contribution in [2.45, 2.75) is 19.9 Å². The predicted molar refractivity (Wildman–Crippen MR) is 65.3 cm³/mol. The van der Waals surface area contributed by atoms with Gasteiger partial charge in [0.05, 0.1) is 7.11 Å². The third-order valence-corrected chi connectivity index (χ3v) is 1.86. The Morgan fingerprint density at radius 1 is 1.53 bits per heavy atom. The zero-order valence-electron chi connectivity index (χ0n) is 9.07. The molecule has 4 nitrogen and oxygen atoms in total. The van der Waals surface area contributed by atoms with Crippen LogP contribution in [0.5, 0.6) is 5.75 Å². The molecule has 1 rings (SSSR count). The van der Waals surface area contributed by atoms with Crippen molar-refractivity contribution in [3.05, 3.63) is 18.3 Å². The average molecular weight is 225 g/mol. The Morgan fingerprint density at radius 2 is 2.27 bits per heavy atom. The molecule has 0 fully saturated rings. The average Bonchev–Trinajstić information content (AvgIpc) is 2.17. The quantitative estimate of drug-likeness (QED) is 0.768. The molecular formula is C10H15N3OS. The Hall–Kier alpha value is -1.36. The summed E-state index contributed by atoms with van der Waals surface area (Å²) in [6.45, 7) is 4.03. The Kier molecular flexibility index (Phi) is 4.30. The number of hydrogen-bond acceptors (Lipinski definition) is 3. The molecule has 0 spiro atoms.